The molecule has 0 spiro atoms. The molecule has 0 saturated carbocycles. The Kier molecular flexibility index (Phi) is 5.36. The summed E-state index contributed by atoms with van der Waals surface area (Å²) in [6.45, 7) is 3.63. The van der Waals surface area contributed by atoms with E-state index in [-0.39, 0.29) is 11.8 Å². The molecule has 1 aromatic heterocycles. The van der Waals surface area contributed by atoms with Crippen LogP contribution in [-0.2, 0) is 4.79 Å². The summed E-state index contributed by atoms with van der Waals surface area (Å²) in [5.74, 6) is 0.0909. The normalized spacial score (nSPS) is 12.4. The summed E-state index contributed by atoms with van der Waals surface area (Å²) >= 11 is 1.63. The van der Waals surface area contributed by atoms with Gasteiger partial charge in [-0.2, -0.15) is 0 Å². The number of carbonyl (C=O) groups excluding carboxylic acids is 1. The molecule has 1 atom stereocenters. The Morgan fingerprint density at radius 1 is 1.53 bits per heavy atom. The maximum atomic E-state index is 11.7. The minimum absolute atomic E-state index is 0.0282. The van der Waals surface area contributed by atoms with Crippen LogP contribution < -0.4 is 10.6 Å². The van der Waals surface area contributed by atoms with Crippen molar-refractivity contribution in [1.29, 1.82) is 0 Å². The van der Waals surface area contributed by atoms with Crippen molar-refractivity contribution in [2.45, 2.75) is 19.3 Å². The molecule has 0 radical (unpaired) electrons. The van der Waals surface area contributed by atoms with Gasteiger partial charge < -0.3 is 10.6 Å². The molecule has 1 heterocycles. The number of nitrogens with one attached hydrogen (secondary N) is 2. The zero-order valence-corrected chi connectivity index (χ0v) is 10.1. The summed E-state index contributed by atoms with van der Waals surface area (Å²) in [6, 6.07) is 3.98. The van der Waals surface area contributed by atoms with Crippen LogP contribution in [0.3, 0.4) is 0 Å². The van der Waals surface area contributed by atoms with Crippen LogP contribution in [0.15, 0.2) is 17.5 Å². The lowest BCUT2D eigenvalue weighted by atomic mass is 10.1. The van der Waals surface area contributed by atoms with E-state index < -0.39 is 0 Å². The third-order valence-electron chi connectivity index (χ3n) is 2.27. The van der Waals surface area contributed by atoms with Crippen molar-refractivity contribution in [3.63, 3.8) is 0 Å². The van der Waals surface area contributed by atoms with E-state index in [0.29, 0.717) is 0 Å². The van der Waals surface area contributed by atoms with E-state index >= 15 is 0 Å². The summed E-state index contributed by atoms with van der Waals surface area (Å²) in [4.78, 5) is 12.8. The summed E-state index contributed by atoms with van der Waals surface area (Å²) in [5.41, 5.74) is 0. The fourth-order valence-electron chi connectivity index (χ4n) is 1.30. The fraction of sp³-hybridized carbons (Fsp3) is 0.545. The van der Waals surface area contributed by atoms with E-state index in [1.807, 2.05) is 31.5 Å². The Bertz CT molecular complexity index is 285. The first-order valence-corrected chi connectivity index (χ1v) is 6.09. The molecule has 0 aliphatic carbocycles. The average Bonchev–Trinajstić information content (AvgIpc) is 2.76. The molecule has 0 fully saturated rings. The van der Waals surface area contributed by atoms with Crippen molar-refractivity contribution >= 4 is 17.2 Å². The molecule has 4 heteroatoms. The third-order valence-corrected chi connectivity index (χ3v) is 3.32. The van der Waals surface area contributed by atoms with E-state index in [2.05, 4.69) is 10.6 Å². The van der Waals surface area contributed by atoms with Crippen LogP contribution in [0.5, 0.6) is 0 Å². The minimum Gasteiger partial charge on any atom is -0.356 e. The summed E-state index contributed by atoms with van der Waals surface area (Å²) in [6.07, 6.45) is 0.972. The van der Waals surface area contributed by atoms with Crippen molar-refractivity contribution in [1.82, 2.24) is 10.6 Å². The summed E-state index contributed by atoms with van der Waals surface area (Å²) in [7, 11) is 1.91. The zero-order chi connectivity index (χ0) is 11.1. The highest BCUT2D eigenvalue weighted by Crippen LogP contribution is 2.20. The average molecular weight is 226 g/mol. The molecule has 15 heavy (non-hydrogen) atoms. The second-order valence-corrected chi connectivity index (χ2v) is 4.46. The highest BCUT2D eigenvalue weighted by atomic mass is 32.1. The molecule has 1 unspecified atom stereocenters. The van der Waals surface area contributed by atoms with Crippen LogP contribution in [0.1, 0.15) is 24.1 Å². The lowest BCUT2D eigenvalue weighted by Crippen LogP contribution is -2.29. The number of hydrogen-bond acceptors (Lipinski definition) is 3. The van der Waals surface area contributed by atoms with Crippen LogP contribution in [0, 0.1) is 0 Å². The summed E-state index contributed by atoms with van der Waals surface area (Å²) < 4.78 is 0. The lowest BCUT2D eigenvalue weighted by Gasteiger charge is -2.10. The molecule has 3 nitrogen and oxygen atoms in total. The number of amides is 1. The van der Waals surface area contributed by atoms with Gasteiger partial charge in [0.2, 0.25) is 5.91 Å². The standard InChI is InChI=1S/C11H18N2OS/c1-9(10-5-3-8-15-10)11(14)13-7-4-6-12-2/h3,5,8-9,12H,4,6-7H2,1-2H3,(H,13,14). The van der Waals surface area contributed by atoms with Gasteiger partial charge >= 0.3 is 0 Å². The van der Waals surface area contributed by atoms with Gasteiger partial charge in [-0.1, -0.05) is 6.07 Å². The largest absolute Gasteiger partial charge is 0.356 e. The fourth-order valence-corrected chi connectivity index (χ4v) is 2.08. The highest BCUT2D eigenvalue weighted by molar-refractivity contribution is 7.10. The molecule has 84 valence electrons. The van der Waals surface area contributed by atoms with Gasteiger partial charge in [0.15, 0.2) is 0 Å². The molecule has 1 aromatic rings. The van der Waals surface area contributed by atoms with Crippen LogP contribution >= 0.6 is 11.3 Å². The Morgan fingerprint density at radius 3 is 2.93 bits per heavy atom. The Labute approximate surface area is 94.9 Å². The molecule has 1 rings (SSSR count). The topological polar surface area (TPSA) is 41.1 Å². The quantitative estimate of drug-likeness (QED) is 0.723. The third kappa shape index (κ3) is 4.01. The maximum absolute atomic E-state index is 11.7. The molecule has 0 saturated heterocycles. The van der Waals surface area contributed by atoms with Crippen molar-refractivity contribution < 1.29 is 4.79 Å². The first-order chi connectivity index (χ1) is 7.25. The Hall–Kier alpha value is -0.870. The number of rotatable bonds is 6. The van der Waals surface area contributed by atoms with Crippen LogP contribution in [0.4, 0.5) is 0 Å². The monoisotopic (exact) mass is 226 g/mol. The molecule has 0 aromatic carbocycles. The smallest absolute Gasteiger partial charge is 0.228 e. The van der Waals surface area contributed by atoms with E-state index in [0.717, 1.165) is 24.4 Å². The molecular formula is C11H18N2OS. The zero-order valence-electron chi connectivity index (χ0n) is 9.25. The highest BCUT2D eigenvalue weighted by Gasteiger charge is 2.14. The minimum atomic E-state index is -0.0282. The van der Waals surface area contributed by atoms with E-state index in [1.165, 1.54) is 0 Å². The molecule has 0 aliphatic rings. The Morgan fingerprint density at radius 2 is 2.33 bits per heavy atom. The molecule has 0 aliphatic heterocycles. The first-order valence-electron chi connectivity index (χ1n) is 5.21. The van der Waals surface area contributed by atoms with Crippen LogP contribution in [0.2, 0.25) is 0 Å². The molecule has 2 N–H and O–H groups in total. The van der Waals surface area contributed by atoms with Crippen molar-refractivity contribution in [3.05, 3.63) is 22.4 Å². The van der Waals surface area contributed by atoms with Gasteiger partial charge in [0.25, 0.3) is 0 Å². The predicted molar refractivity (Wildman–Crippen MR) is 64.3 cm³/mol. The second-order valence-electron chi connectivity index (χ2n) is 3.49. The number of thiophene rings is 1. The van der Waals surface area contributed by atoms with Crippen LogP contribution in [0.25, 0.3) is 0 Å². The predicted octanol–water partition coefficient (Wildman–Crippen LogP) is 1.58. The van der Waals surface area contributed by atoms with E-state index in [4.69, 9.17) is 0 Å². The van der Waals surface area contributed by atoms with Crippen molar-refractivity contribution in [3.8, 4) is 0 Å². The summed E-state index contributed by atoms with van der Waals surface area (Å²) in [5, 5.41) is 7.98. The van der Waals surface area contributed by atoms with Crippen molar-refractivity contribution in [2.24, 2.45) is 0 Å². The van der Waals surface area contributed by atoms with Gasteiger partial charge in [-0.3, -0.25) is 4.79 Å². The SMILES string of the molecule is CNCCCNC(=O)C(C)c1cccs1. The van der Waals surface area contributed by atoms with Gasteiger partial charge in [-0.25, -0.2) is 0 Å². The maximum Gasteiger partial charge on any atom is 0.228 e. The van der Waals surface area contributed by atoms with Crippen molar-refractivity contribution in [2.75, 3.05) is 20.1 Å². The molecular weight excluding hydrogens is 208 g/mol. The molecule has 0 bridgehead atoms. The van der Waals surface area contributed by atoms with Gasteiger partial charge in [0, 0.05) is 11.4 Å². The Balaban J connectivity index is 2.28. The number of hydrogen-bond donors (Lipinski definition) is 2. The van der Waals surface area contributed by atoms with Gasteiger partial charge in [0.05, 0.1) is 5.92 Å². The van der Waals surface area contributed by atoms with E-state index in [1.54, 1.807) is 11.3 Å². The van der Waals surface area contributed by atoms with Gasteiger partial charge in [0.1, 0.15) is 0 Å². The lowest BCUT2D eigenvalue weighted by molar-refractivity contribution is -0.122. The van der Waals surface area contributed by atoms with Gasteiger partial charge in [-0.15, -0.1) is 11.3 Å². The van der Waals surface area contributed by atoms with Gasteiger partial charge in [-0.05, 0) is 38.4 Å². The number of carbonyl (C=O) groups is 1. The second kappa shape index (κ2) is 6.58. The molecule has 1 amide bonds. The van der Waals surface area contributed by atoms with E-state index in [9.17, 15) is 4.79 Å². The first kappa shape index (κ1) is 12.2. The van der Waals surface area contributed by atoms with Crippen LogP contribution in [-0.4, -0.2) is 26.0 Å².